The third kappa shape index (κ3) is 4.18. The second kappa shape index (κ2) is 7.52. The van der Waals surface area contributed by atoms with Crippen molar-refractivity contribution in [3.05, 3.63) is 69.7 Å². The molecule has 3 aromatic rings. The fraction of sp³-hybridized carbons (Fsp3) is 0.105. The molecule has 3 nitrogen and oxygen atoms in total. The summed E-state index contributed by atoms with van der Waals surface area (Å²) < 4.78 is 5.33. The van der Waals surface area contributed by atoms with E-state index in [-0.39, 0.29) is 15.8 Å². The largest absolute Gasteiger partial charge is 0.422 e. The quantitative estimate of drug-likeness (QED) is 0.422. The van der Waals surface area contributed by atoms with E-state index in [1.807, 2.05) is 42.5 Å². The zero-order valence-corrected chi connectivity index (χ0v) is 15.5. The van der Waals surface area contributed by atoms with Gasteiger partial charge in [0.2, 0.25) is 0 Å². The molecular weight excluding hydrogens is 381 g/mol. The molecule has 3 rings (SSSR count). The number of fused-ring (bicyclic) bond motifs is 1. The minimum Gasteiger partial charge on any atom is -0.422 e. The predicted octanol–water partition coefficient (Wildman–Crippen LogP) is 6.21. The van der Waals surface area contributed by atoms with Gasteiger partial charge in [0.1, 0.15) is 6.04 Å². The smallest absolute Gasteiger partial charge is 0.333 e. The van der Waals surface area contributed by atoms with Gasteiger partial charge in [-0.2, -0.15) is 0 Å². The van der Waals surface area contributed by atoms with Crippen LogP contribution in [0.4, 0.5) is 5.69 Å². The van der Waals surface area contributed by atoms with Crippen LogP contribution in [-0.2, 0) is 4.79 Å². The zero-order valence-electron chi connectivity index (χ0n) is 13.2. The molecule has 25 heavy (non-hydrogen) atoms. The first-order valence-corrected chi connectivity index (χ1v) is 8.69. The van der Waals surface area contributed by atoms with Crippen molar-refractivity contribution in [3.63, 3.8) is 0 Å². The van der Waals surface area contributed by atoms with Crippen LogP contribution in [0.2, 0.25) is 15.1 Å². The lowest BCUT2D eigenvalue weighted by Crippen LogP contribution is -2.30. The Labute approximate surface area is 160 Å². The van der Waals surface area contributed by atoms with E-state index >= 15 is 0 Å². The molecule has 0 aliphatic rings. The van der Waals surface area contributed by atoms with Gasteiger partial charge in [-0.3, -0.25) is 0 Å². The Bertz CT molecular complexity index is 920. The van der Waals surface area contributed by atoms with Crippen molar-refractivity contribution in [2.45, 2.75) is 13.0 Å². The van der Waals surface area contributed by atoms with E-state index in [1.165, 1.54) is 12.1 Å². The summed E-state index contributed by atoms with van der Waals surface area (Å²) >= 11 is 17.9. The maximum Gasteiger partial charge on any atom is 0.333 e. The topological polar surface area (TPSA) is 38.3 Å². The third-order valence-corrected chi connectivity index (χ3v) is 4.43. The Hall–Kier alpha value is -1.94. The summed E-state index contributed by atoms with van der Waals surface area (Å²) in [5.41, 5.74) is 0.816. The van der Waals surface area contributed by atoms with Crippen molar-refractivity contribution in [2.24, 2.45) is 0 Å². The van der Waals surface area contributed by atoms with Crippen molar-refractivity contribution in [1.82, 2.24) is 0 Å². The summed E-state index contributed by atoms with van der Waals surface area (Å²) in [6, 6.07) is 16.2. The van der Waals surface area contributed by atoms with Gasteiger partial charge in [0.05, 0.1) is 10.0 Å². The van der Waals surface area contributed by atoms with Crippen molar-refractivity contribution in [2.75, 3.05) is 5.32 Å². The van der Waals surface area contributed by atoms with Crippen LogP contribution in [0.1, 0.15) is 6.92 Å². The molecular formula is C19H14Cl3NO2. The van der Waals surface area contributed by atoms with Gasteiger partial charge in [0, 0.05) is 10.7 Å². The molecule has 0 unspecified atom stereocenters. The van der Waals surface area contributed by atoms with Crippen LogP contribution in [0.5, 0.6) is 5.75 Å². The van der Waals surface area contributed by atoms with E-state index < -0.39 is 12.0 Å². The number of carbonyl (C=O) groups is 1. The SMILES string of the molecule is C[C@H](Nc1ccc2ccccc2c1)C(=O)Oc1c(Cl)cc(Cl)cc1Cl. The first kappa shape index (κ1) is 17.9. The average molecular weight is 395 g/mol. The van der Waals surface area contributed by atoms with E-state index in [4.69, 9.17) is 39.5 Å². The molecule has 0 aliphatic heterocycles. The van der Waals surface area contributed by atoms with Gasteiger partial charge < -0.3 is 10.1 Å². The lowest BCUT2D eigenvalue weighted by Gasteiger charge is -2.16. The van der Waals surface area contributed by atoms with Gasteiger partial charge >= 0.3 is 5.97 Å². The number of hydrogen-bond acceptors (Lipinski definition) is 3. The fourth-order valence-corrected chi connectivity index (χ4v) is 3.30. The number of halogens is 3. The molecule has 0 radical (unpaired) electrons. The number of esters is 1. The normalized spacial score (nSPS) is 12.0. The second-order valence-electron chi connectivity index (χ2n) is 5.55. The molecule has 1 atom stereocenters. The lowest BCUT2D eigenvalue weighted by atomic mass is 10.1. The highest BCUT2D eigenvalue weighted by molar-refractivity contribution is 6.40. The van der Waals surface area contributed by atoms with Crippen LogP contribution in [0.3, 0.4) is 0 Å². The van der Waals surface area contributed by atoms with Crippen molar-refractivity contribution < 1.29 is 9.53 Å². The minimum absolute atomic E-state index is 0.102. The molecule has 0 amide bonds. The van der Waals surface area contributed by atoms with E-state index in [0.717, 1.165) is 16.5 Å². The maximum atomic E-state index is 12.3. The van der Waals surface area contributed by atoms with Crippen molar-refractivity contribution >= 4 is 57.2 Å². The lowest BCUT2D eigenvalue weighted by molar-refractivity contribution is -0.134. The maximum absolute atomic E-state index is 12.3. The van der Waals surface area contributed by atoms with Crippen LogP contribution < -0.4 is 10.1 Å². The monoisotopic (exact) mass is 393 g/mol. The highest BCUT2D eigenvalue weighted by atomic mass is 35.5. The number of rotatable bonds is 4. The fourth-order valence-electron chi connectivity index (χ4n) is 2.40. The van der Waals surface area contributed by atoms with Gasteiger partial charge in [-0.05, 0) is 42.0 Å². The van der Waals surface area contributed by atoms with Crippen LogP contribution in [0, 0.1) is 0 Å². The van der Waals surface area contributed by atoms with Crippen LogP contribution >= 0.6 is 34.8 Å². The molecule has 0 spiro atoms. The molecule has 0 aliphatic carbocycles. The highest BCUT2D eigenvalue weighted by Gasteiger charge is 2.19. The zero-order chi connectivity index (χ0) is 18.0. The third-order valence-electron chi connectivity index (χ3n) is 3.65. The standard InChI is InChI=1S/C19H14Cl3NO2/c1-11(19(24)25-18-16(21)9-14(20)10-17(18)22)23-15-7-6-12-4-2-3-5-13(12)8-15/h2-11,23H,1H3/t11-/m0/s1. The summed E-state index contributed by atoms with van der Waals surface area (Å²) in [6.45, 7) is 1.70. The molecule has 0 saturated heterocycles. The Kier molecular flexibility index (Phi) is 5.38. The Morgan fingerprint density at radius 1 is 0.960 bits per heavy atom. The van der Waals surface area contributed by atoms with E-state index in [2.05, 4.69) is 5.32 Å². The van der Waals surface area contributed by atoms with Gasteiger partial charge in [-0.15, -0.1) is 0 Å². The summed E-state index contributed by atoms with van der Waals surface area (Å²) in [6.07, 6.45) is 0. The Balaban J connectivity index is 1.74. The Morgan fingerprint density at radius 2 is 1.60 bits per heavy atom. The molecule has 0 bridgehead atoms. The van der Waals surface area contributed by atoms with E-state index in [1.54, 1.807) is 6.92 Å². The molecule has 3 aromatic carbocycles. The van der Waals surface area contributed by atoms with Gasteiger partial charge in [0.25, 0.3) is 0 Å². The van der Waals surface area contributed by atoms with Crippen LogP contribution in [-0.4, -0.2) is 12.0 Å². The first-order chi connectivity index (χ1) is 11.9. The number of benzene rings is 3. The summed E-state index contributed by atoms with van der Waals surface area (Å²) in [5.74, 6) is -0.399. The van der Waals surface area contributed by atoms with Gasteiger partial charge in [-0.1, -0.05) is 65.1 Å². The van der Waals surface area contributed by atoms with Gasteiger partial charge in [0.15, 0.2) is 5.75 Å². The van der Waals surface area contributed by atoms with Crippen molar-refractivity contribution in [1.29, 1.82) is 0 Å². The summed E-state index contributed by atoms with van der Waals surface area (Å²) in [4.78, 5) is 12.3. The molecule has 0 saturated carbocycles. The Morgan fingerprint density at radius 3 is 2.28 bits per heavy atom. The van der Waals surface area contributed by atoms with Crippen LogP contribution in [0.15, 0.2) is 54.6 Å². The number of nitrogens with one attached hydrogen (secondary N) is 1. The molecule has 6 heteroatoms. The second-order valence-corrected chi connectivity index (χ2v) is 6.80. The first-order valence-electron chi connectivity index (χ1n) is 7.55. The highest BCUT2D eigenvalue weighted by Crippen LogP contribution is 2.36. The molecule has 128 valence electrons. The average Bonchev–Trinajstić information content (AvgIpc) is 2.57. The van der Waals surface area contributed by atoms with E-state index in [0.29, 0.717) is 5.02 Å². The number of ether oxygens (including phenoxy) is 1. The molecule has 0 aromatic heterocycles. The summed E-state index contributed by atoms with van der Waals surface area (Å²) in [7, 11) is 0. The molecule has 0 heterocycles. The predicted molar refractivity (Wildman–Crippen MR) is 104 cm³/mol. The minimum atomic E-state index is -0.594. The number of carbonyl (C=O) groups excluding carboxylic acids is 1. The number of anilines is 1. The van der Waals surface area contributed by atoms with E-state index in [9.17, 15) is 4.79 Å². The van der Waals surface area contributed by atoms with Crippen molar-refractivity contribution in [3.8, 4) is 5.75 Å². The molecule has 0 fully saturated rings. The summed E-state index contributed by atoms with van der Waals surface area (Å²) in [5, 5.41) is 6.07. The van der Waals surface area contributed by atoms with Gasteiger partial charge in [-0.25, -0.2) is 4.79 Å². The number of hydrogen-bond donors (Lipinski definition) is 1. The van der Waals surface area contributed by atoms with Crippen LogP contribution in [0.25, 0.3) is 10.8 Å². The molecule has 1 N–H and O–H groups in total.